The number of aliphatic hydroxyl groups excluding tert-OH is 1. The summed E-state index contributed by atoms with van der Waals surface area (Å²) in [5.74, 6) is 1.36. The van der Waals surface area contributed by atoms with Gasteiger partial charge in [0.2, 0.25) is 0 Å². The lowest BCUT2D eigenvalue weighted by Crippen LogP contribution is -2.12. The van der Waals surface area contributed by atoms with Crippen molar-refractivity contribution < 1.29 is 5.11 Å². The second-order valence-corrected chi connectivity index (χ2v) is 5.50. The molecule has 0 spiro atoms. The minimum absolute atomic E-state index is 0.184. The Hall–Kier alpha value is -0.470. The monoisotopic (exact) mass is 224 g/mol. The standard InChI is InChI=1S/C13H20OS/c1-10(2)8-12(14)9-15-13-6-4-11(3)5-7-13/h4-7,10,12,14H,8-9H2,1-3H3. The lowest BCUT2D eigenvalue weighted by molar-refractivity contribution is 0.172. The second kappa shape index (κ2) is 6.19. The highest BCUT2D eigenvalue weighted by Gasteiger charge is 2.07. The molecule has 0 heterocycles. The van der Waals surface area contributed by atoms with Crippen LogP contribution in [0.25, 0.3) is 0 Å². The number of hydrogen-bond acceptors (Lipinski definition) is 2. The first kappa shape index (κ1) is 12.6. The van der Waals surface area contributed by atoms with Crippen molar-refractivity contribution in [1.82, 2.24) is 0 Å². The fraction of sp³-hybridized carbons (Fsp3) is 0.538. The summed E-state index contributed by atoms with van der Waals surface area (Å²) < 4.78 is 0. The molecule has 1 nitrogen and oxygen atoms in total. The van der Waals surface area contributed by atoms with Crippen molar-refractivity contribution in [3.63, 3.8) is 0 Å². The van der Waals surface area contributed by atoms with Crippen molar-refractivity contribution in [2.24, 2.45) is 5.92 Å². The van der Waals surface area contributed by atoms with Gasteiger partial charge in [0.05, 0.1) is 6.10 Å². The van der Waals surface area contributed by atoms with Crippen molar-refractivity contribution in [2.75, 3.05) is 5.75 Å². The van der Waals surface area contributed by atoms with Crippen LogP contribution in [0.5, 0.6) is 0 Å². The predicted molar refractivity (Wildman–Crippen MR) is 67.4 cm³/mol. The van der Waals surface area contributed by atoms with Gasteiger partial charge in [-0.3, -0.25) is 0 Å². The molecule has 0 amide bonds. The molecule has 84 valence electrons. The third kappa shape index (κ3) is 5.24. The molecule has 2 heteroatoms. The summed E-state index contributed by atoms with van der Waals surface area (Å²) in [5.41, 5.74) is 1.28. The highest BCUT2D eigenvalue weighted by Crippen LogP contribution is 2.20. The third-order valence-electron chi connectivity index (χ3n) is 2.21. The van der Waals surface area contributed by atoms with E-state index in [1.54, 1.807) is 11.8 Å². The quantitative estimate of drug-likeness (QED) is 0.773. The van der Waals surface area contributed by atoms with E-state index < -0.39 is 0 Å². The summed E-state index contributed by atoms with van der Waals surface area (Å²) in [4.78, 5) is 1.24. The van der Waals surface area contributed by atoms with Crippen LogP contribution in [0.3, 0.4) is 0 Å². The van der Waals surface area contributed by atoms with Crippen molar-refractivity contribution in [2.45, 2.75) is 38.2 Å². The zero-order valence-electron chi connectivity index (χ0n) is 9.73. The van der Waals surface area contributed by atoms with E-state index in [0.29, 0.717) is 5.92 Å². The van der Waals surface area contributed by atoms with Crippen LogP contribution in [0.2, 0.25) is 0 Å². The van der Waals surface area contributed by atoms with E-state index in [4.69, 9.17) is 0 Å². The molecule has 0 saturated heterocycles. The van der Waals surface area contributed by atoms with E-state index in [1.165, 1.54) is 10.5 Å². The molecule has 1 aromatic rings. The Labute approximate surface area is 96.9 Å². The number of rotatable bonds is 5. The smallest absolute Gasteiger partial charge is 0.0636 e. The Morgan fingerprint density at radius 2 is 1.80 bits per heavy atom. The fourth-order valence-corrected chi connectivity index (χ4v) is 2.29. The van der Waals surface area contributed by atoms with Gasteiger partial charge in [-0.1, -0.05) is 31.5 Å². The maximum atomic E-state index is 9.71. The molecule has 0 aliphatic carbocycles. The van der Waals surface area contributed by atoms with Gasteiger partial charge in [0, 0.05) is 10.6 Å². The summed E-state index contributed by atoms with van der Waals surface area (Å²) in [7, 11) is 0. The summed E-state index contributed by atoms with van der Waals surface area (Å²) in [6, 6.07) is 8.44. The van der Waals surface area contributed by atoms with Crippen LogP contribution in [-0.2, 0) is 0 Å². The molecule has 1 rings (SSSR count). The molecule has 0 aliphatic rings. The highest BCUT2D eigenvalue weighted by molar-refractivity contribution is 7.99. The van der Waals surface area contributed by atoms with Gasteiger partial charge in [-0.25, -0.2) is 0 Å². The highest BCUT2D eigenvalue weighted by atomic mass is 32.2. The Morgan fingerprint density at radius 1 is 1.20 bits per heavy atom. The Kier molecular flexibility index (Phi) is 5.20. The van der Waals surface area contributed by atoms with Crippen molar-refractivity contribution >= 4 is 11.8 Å². The van der Waals surface area contributed by atoms with E-state index in [2.05, 4.69) is 45.0 Å². The molecule has 1 unspecified atom stereocenters. The Morgan fingerprint density at radius 3 is 2.33 bits per heavy atom. The third-order valence-corrected chi connectivity index (χ3v) is 3.36. The predicted octanol–water partition coefficient (Wildman–Crippen LogP) is 3.49. The number of benzene rings is 1. The first-order valence-electron chi connectivity index (χ1n) is 5.45. The maximum absolute atomic E-state index is 9.71. The zero-order chi connectivity index (χ0) is 11.3. The van der Waals surface area contributed by atoms with E-state index >= 15 is 0 Å². The average molecular weight is 224 g/mol. The zero-order valence-corrected chi connectivity index (χ0v) is 10.6. The van der Waals surface area contributed by atoms with Gasteiger partial charge in [-0.2, -0.15) is 0 Å². The van der Waals surface area contributed by atoms with Gasteiger partial charge in [-0.15, -0.1) is 11.8 Å². The average Bonchev–Trinajstić information content (AvgIpc) is 2.16. The Bertz CT molecular complexity index is 279. The molecule has 0 saturated carbocycles. The van der Waals surface area contributed by atoms with Crippen LogP contribution in [0, 0.1) is 12.8 Å². The Balaban J connectivity index is 2.33. The number of hydrogen-bond donors (Lipinski definition) is 1. The molecular weight excluding hydrogens is 204 g/mol. The largest absolute Gasteiger partial charge is 0.392 e. The molecule has 0 bridgehead atoms. The molecule has 0 aliphatic heterocycles. The van der Waals surface area contributed by atoms with E-state index in [1.807, 2.05) is 0 Å². The first-order chi connectivity index (χ1) is 7.08. The summed E-state index contributed by atoms with van der Waals surface area (Å²) in [6.45, 7) is 6.36. The fourth-order valence-electron chi connectivity index (χ4n) is 1.44. The molecule has 1 aromatic carbocycles. The van der Waals surface area contributed by atoms with Gasteiger partial charge < -0.3 is 5.11 Å². The minimum Gasteiger partial charge on any atom is -0.392 e. The molecule has 0 radical (unpaired) electrons. The lowest BCUT2D eigenvalue weighted by Gasteiger charge is -2.12. The number of thioether (sulfide) groups is 1. The maximum Gasteiger partial charge on any atom is 0.0636 e. The summed E-state index contributed by atoms with van der Waals surface area (Å²) in [6.07, 6.45) is 0.704. The van der Waals surface area contributed by atoms with Crippen molar-refractivity contribution in [1.29, 1.82) is 0 Å². The van der Waals surface area contributed by atoms with E-state index in [-0.39, 0.29) is 6.10 Å². The van der Waals surface area contributed by atoms with E-state index in [0.717, 1.165) is 12.2 Å². The topological polar surface area (TPSA) is 20.2 Å². The van der Waals surface area contributed by atoms with Gasteiger partial charge in [-0.05, 0) is 31.4 Å². The van der Waals surface area contributed by atoms with Crippen LogP contribution >= 0.6 is 11.8 Å². The lowest BCUT2D eigenvalue weighted by atomic mass is 10.1. The van der Waals surface area contributed by atoms with Crippen LogP contribution < -0.4 is 0 Å². The molecule has 0 fully saturated rings. The van der Waals surface area contributed by atoms with Crippen molar-refractivity contribution in [3.05, 3.63) is 29.8 Å². The SMILES string of the molecule is Cc1ccc(SCC(O)CC(C)C)cc1. The van der Waals surface area contributed by atoms with Crippen LogP contribution in [0.1, 0.15) is 25.8 Å². The van der Waals surface area contributed by atoms with Gasteiger partial charge in [0.15, 0.2) is 0 Å². The number of aryl methyl sites for hydroxylation is 1. The van der Waals surface area contributed by atoms with Crippen molar-refractivity contribution in [3.8, 4) is 0 Å². The van der Waals surface area contributed by atoms with Gasteiger partial charge >= 0.3 is 0 Å². The van der Waals surface area contributed by atoms with Crippen LogP contribution in [0.4, 0.5) is 0 Å². The molecule has 1 N–H and O–H groups in total. The van der Waals surface area contributed by atoms with Gasteiger partial charge in [0.25, 0.3) is 0 Å². The molecule has 0 aromatic heterocycles. The normalized spacial score (nSPS) is 13.1. The van der Waals surface area contributed by atoms with Gasteiger partial charge in [0.1, 0.15) is 0 Å². The van der Waals surface area contributed by atoms with E-state index in [9.17, 15) is 5.11 Å². The minimum atomic E-state index is -0.184. The molecule has 1 atom stereocenters. The molecule has 15 heavy (non-hydrogen) atoms. The first-order valence-corrected chi connectivity index (χ1v) is 6.44. The van der Waals surface area contributed by atoms with Crippen LogP contribution in [0.15, 0.2) is 29.2 Å². The summed E-state index contributed by atoms with van der Waals surface area (Å²) >= 11 is 1.73. The second-order valence-electron chi connectivity index (χ2n) is 4.41. The number of aliphatic hydroxyl groups is 1. The summed E-state index contributed by atoms with van der Waals surface area (Å²) in [5, 5.41) is 9.71. The molecular formula is C13H20OS. The van der Waals surface area contributed by atoms with Crippen LogP contribution in [-0.4, -0.2) is 17.0 Å².